The van der Waals surface area contributed by atoms with Crippen molar-refractivity contribution in [1.29, 1.82) is 0 Å². The van der Waals surface area contributed by atoms with Gasteiger partial charge in [-0.2, -0.15) is 0 Å². The third-order valence-electron chi connectivity index (χ3n) is 7.07. The van der Waals surface area contributed by atoms with Crippen LogP contribution in [0.25, 0.3) is 0 Å². The first kappa shape index (κ1) is 25.0. The average molecular weight is 522 g/mol. The molecule has 0 bridgehead atoms. The van der Waals surface area contributed by atoms with E-state index in [1.54, 1.807) is 0 Å². The van der Waals surface area contributed by atoms with E-state index in [0.29, 0.717) is 0 Å². The Labute approximate surface area is 208 Å². The number of fused-ring (bicyclic) bond motifs is 2. The second-order valence-corrected chi connectivity index (χ2v) is 11.6. The van der Waals surface area contributed by atoms with Gasteiger partial charge in [0.2, 0.25) is 0 Å². The van der Waals surface area contributed by atoms with Gasteiger partial charge in [0.15, 0.2) is 0 Å². The Kier molecular flexibility index (Phi) is 8.88. The predicted molar refractivity (Wildman–Crippen MR) is 133 cm³/mol. The van der Waals surface area contributed by atoms with Crippen molar-refractivity contribution in [2.24, 2.45) is 5.92 Å². The number of hydrogen-bond acceptors (Lipinski definition) is 3. The lowest BCUT2D eigenvalue weighted by Crippen LogP contribution is -3.00. The maximum absolute atomic E-state index is 2.61. The van der Waals surface area contributed by atoms with E-state index >= 15 is 0 Å². The molecule has 0 N–H and O–H groups in total. The molecule has 2 nitrogen and oxygen atoms in total. The number of rotatable bonds is 7. The highest BCUT2D eigenvalue weighted by atomic mass is 79.9. The third kappa shape index (κ3) is 5.66. The second-order valence-electron chi connectivity index (χ2n) is 9.60. The standard InChI is InChI=1S/C26H37N2S2.BrH/c1-20(2)15-18-28(3)17-8-7-9-21(28)14-16-27-23-10-5-6-11-25(23)30-26-13-12-22(29-4)19-24(26)27;/h5-6,10-13,19-21H,7-9,14-18H2,1-4H3;1H/q+1;/p-1. The van der Waals surface area contributed by atoms with E-state index in [1.165, 1.54) is 75.7 Å². The summed E-state index contributed by atoms with van der Waals surface area (Å²) in [7, 11) is 2.53. The maximum Gasteiger partial charge on any atom is 0.0905 e. The van der Waals surface area contributed by atoms with Crippen LogP contribution in [0.1, 0.15) is 46.0 Å². The topological polar surface area (TPSA) is 3.24 Å². The minimum atomic E-state index is 0. The quantitative estimate of drug-likeness (QED) is 0.392. The molecule has 1 fully saturated rings. The van der Waals surface area contributed by atoms with Gasteiger partial charge < -0.3 is 26.4 Å². The molecule has 0 spiro atoms. The van der Waals surface area contributed by atoms with E-state index in [0.717, 1.165) is 18.5 Å². The number of halogens is 1. The highest BCUT2D eigenvalue weighted by Crippen LogP contribution is 2.49. The van der Waals surface area contributed by atoms with Gasteiger partial charge >= 0.3 is 0 Å². The van der Waals surface area contributed by atoms with Crippen molar-refractivity contribution in [1.82, 2.24) is 0 Å². The van der Waals surface area contributed by atoms with E-state index < -0.39 is 0 Å². The Morgan fingerprint density at radius 1 is 1.10 bits per heavy atom. The van der Waals surface area contributed by atoms with Gasteiger partial charge in [0, 0.05) is 27.7 Å². The van der Waals surface area contributed by atoms with Crippen molar-refractivity contribution < 1.29 is 21.5 Å². The van der Waals surface area contributed by atoms with Gasteiger partial charge in [-0.05, 0) is 68.2 Å². The SMILES string of the molecule is CSc1ccc2c(c1)N(CCC1CCCC[N+]1(C)CCC(C)C)c1ccccc1S2.[Br-]. The number of benzene rings is 2. The first-order chi connectivity index (χ1) is 14.5. The van der Waals surface area contributed by atoms with Crippen LogP contribution in [0.3, 0.4) is 0 Å². The fraction of sp³-hybridized carbons (Fsp3) is 0.538. The molecule has 0 aromatic heterocycles. The third-order valence-corrected chi connectivity index (χ3v) is 8.93. The predicted octanol–water partition coefficient (Wildman–Crippen LogP) is 4.45. The molecular formula is C26H37BrN2S2. The van der Waals surface area contributed by atoms with E-state index in [-0.39, 0.29) is 17.0 Å². The van der Waals surface area contributed by atoms with Crippen molar-refractivity contribution in [3.8, 4) is 0 Å². The van der Waals surface area contributed by atoms with Crippen LogP contribution in [0.2, 0.25) is 0 Å². The number of piperidine rings is 1. The summed E-state index contributed by atoms with van der Waals surface area (Å²) in [4.78, 5) is 6.76. The first-order valence-electron chi connectivity index (χ1n) is 11.6. The van der Waals surface area contributed by atoms with Crippen molar-refractivity contribution in [3.63, 3.8) is 0 Å². The molecule has 2 aromatic carbocycles. The zero-order chi connectivity index (χ0) is 21.1. The second kappa shape index (κ2) is 11.0. The summed E-state index contributed by atoms with van der Waals surface area (Å²) in [5.41, 5.74) is 2.79. The lowest BCUT2D eigenvalue weighted by Gasteiger charge is -2.46. The summed E-state index contributed by atoms with van der Waals surface area (Å²) < 4.78 is 1.28. The van der Waals surface area contributed by atoms with Crippen LogP contribution in [0, 0.1) is 5.92 Å². The Morgan fingerprint density at radius 2 is 1.87 bits per heavy atom. The fourth-order valence-electron chi connectivity index (χ4n) is 5.11. The molecule has 2 atom stereocenters. The van der Waals surface area contributed by atoms with Crippen molar-refractivity contribution >= 4 is 34.9 Å². The largest absolute Gasteiger partial charge is 1.00 e. The molecule has 2 heterocycles. The Bertz CT molecular complexity index is 872. The molecule has 2 aliphatic rings. The smallest absolute Gasteiger partial charge is 0.0905 e. The molecule has 5 heteroatoms. The van der Waals surface area contributed by atoms with Gasteiger partial charge in [0.1, 0.15) is 0 Å². The van der Waals surface area contributed by atoms with E-state index in [4.69, 9.17) is 0 Å². The number of anilines is 2. The summed E-state index contributed by atoms with van der Waals surface area (Å²) in [6, 6.07) is 16.7. The van der Waals surface area contributed by atoms with Crippen LogP contribution < -0.4 is 21.9 Å². The highest BCUT2D eigenvalue weighted by molar-refractivity contribution is 8.00. The summed E-state index contributed by atoms with van der Waals surface area (Å²) >= 11 is 3.76. The number of para-hydroxylation sites is 1. The molecule has 0 amide bonds. The molecule has 0 aliphatic carbocycles. The van der Waals surface area contributed by atoms with Crippen molar-refractivity contribution in [3.05, 3.63) is 42.5 Å². The van der Waals surface area contributed by atoms with Gasteiger partial charge in [-0.3, -0.25) is 0 Å². The van der Waals surface area contributed by atoms with Gasteiger partial charge in [0.05, 0.1) is 37.6 Å². The number of quaternary nitrogens is 1. The van der Waals surface area contributed by atoms with E-state index in [1.807, 2.05) is 23.5 Å². The Hall–Kier alpha value is -0.620. The first-order valence-corrected chi connectivity index (χ1v) is 13.6. The monoisotopic (exact) mass is 520 g/mol. The Balaban J connectivity index is 0.00000272. The minimum Gasteiger partial charge on any atom is -1.00 e. The number of nitrogens with zero attached hydrogens (tertiary/aromatic N) is 2. The number of thioether (sulfide) groups is 1. The molecule has 2 aliphatic heterocycles. The van der Waals surface area contributed by atoms with Gasteiger partial charge in [0.25, 0.3) is 0 Å². The molecule has 0 saturated carbocycles. The van der Waals surface area contributed by atoms with Gasteiger partial charge in [-0.25, -0.2) is 0 Å². The van der Waals surface area contributed by atoms with Gasteiger partial charge in [-0.1, -0.05) is 37.7 Å². The normalized spacial score (nSPS) is 22.6. The average Bonchev–Trinajstić information content (AvgIpc) is 2.76. The molecule has 2 aromatic rings. The van der Waals surface area contributed by atoms with Crippen LogP contribution in [0.5, 0.6) is 0 Å². The van der Waals surface area contributed by atoms with Crippen molar-refractivity contribution in [2.45, 2.75) is 66.7 Å². The molecule has 31 heavy (non-hydrogen) atoms. The summed E-state index contributed by atoms with van der Waals surface area (Å²) in [5.74, 6) is 0.797. The maximum atomic E-state index is 2.61. The summed E-state index contributed by atoms with van der Waals surface area (Å²) in [6.07, 6.45) is 8.98. The summed E-state index contributed by atoms with van der Waals surface area (Å²) in [5, 5.41) is 0. The van der Waals surface area contributed by atoms with E-state index in [9.17, 15) is 0 Å². The van der Waals surface area contributed by atoms with Crippen LogP contribution in [0.15, 0.2) is 57.2 Å². The number of hydrogen-bond donors (Lipinski definition) is 0. The van der Waals surface area contributed by atoms with Crippen LogP contribution >= 0.6 is 23.5 Å². The summed E-state index contributed by atoms with van der Waals surface area (Å²) in [6.45, 7) is 8.54. The highest BCUT2D eigenvalue weighted by Gasteiger charge is 2.36. The minimum absolute atomic E-state index is 0. The molecule has 170 valence electrons. The molecule has 4 rings (SSSR count). The van der Waals surface area contributed by atoms with Crippen LogP contribution in [-0.2, 0) is 0 Å². The lowest BCUT2D eigenvalue weighted by atomic mass is 9.94. The lowest BCUT2D eigenvalue weighted by molar-refractivity contribution is -0.938. The Morgan fingerprint density at radius 3 is 2.65 bits per heavy atom. The van der Waals surface area contributed by atoms with Crippen LogP contribution in [-0.4, -0.2) is 43.5 Å². The zero-order valence-electron chi connectivity index (χ0n) is 19.4. The fourth-order valence-corrected chi connectivity index (χ4v) is 6.62. The molecule has 0 radical (unpaired) electrons. The van der Waals surface area contributed by atoms with Crippen LogP contribution in [0.4, 0.5) is 11.4 Å². The molecule has 1 saturated heterocycles. The van der Waals surface area contributed by atoms with E-state index in [2.05, 4.69) is 74.5 Å². The molecular weight excluding hydrogens is 484 g/mol. The molecule has 2 unspecified atom stereocenters. The zero-order valence-corrected chi connectivity index (χ0v) is 22.7. The number of likely N-dealkylation sites (tertiary alicyclic amines) is 1. The van der Waals surface area contributed by atoms with Gasteiger partial charge in [-0.15, -0.1) is 11.8 Å². The van der Waals surface area contributed by atoms with Crippen molar-refractivity contribution in [2.75, 3.05) is 37.8 Å².